The van der Waals surface area contributed by atoms with Crippen LogP contribution in [0.2, 0.25) is 0 Å². The van der Waals surface area contributed by atoms with E-state index in [1.54, 1.807) is 14.7 Å². The number of likely N-dealkylation sites (tertiary alicyclic amines) is 3. The number of rotatable bonds is 6. The average Bonchev–Trinajstić information content (AvgIpc) is 4.08. The van der Waals surface area contributed by atoms with E-state index < -0.39 is 0 Å². The molecule has 0 spiro atoms. The van der Waals surface area contributed by atoms with Crippen LogP contribution in [0.4, 0.5) is 0 Å². The van der Waals surface area contributed by atoms with Gasteiger partial charge in [0, 0.05) is 6.04 Å². The second kappa shape index (κ2) is 153. The Morgan fingerprint density at radius 1 is 0.378 bits per heavy atom. The maximum Gasteiger partial charge on any atom is 2.00 e. The number of aliphatic hydroxyl groups excluding tert-OH is 2. The van der Waals surface area contributed by atoms with Gasteiger partial charge >= 0.3 is 251 Å². The Hall–Kier alpha value is 7.00. The Morgan fingerprint density at radius 3 is 0.744 bits per heavy atom. The molecule has 0 aromatic rings. The van der Waals surface area contributed by atoms with Gasteiger partial charge in [-0.1, -0.05) is 64.3 Å². The molecule has 5 aliphatic heterocycles. The van der Waals surface area contributed by atoms with Gasteiger partial charge in [0.2, 0.25) is 0 Å². The van der Waals surface area contributed by atoms with Gasteiger partial charge in [-0.05, 0) is 90.0 Å². The molecule has 9 radical (unpaired) electrons. The SMILES string of the molecule is C1CCC(CCC2CCCN2)C1.O=[C-]O.O=[C-]O.[CH2-]C1CCCN1.[CH2-]C1CCCN1[C-]=O.[CH2-]C1CCCN1[C-]=O.[CH2-]C1CCCN1[C-]=O.[CH2-]P[CH2-].[CH2-]P[CH2-].[CH2-]P[CH2-].[CH2-]P[CH2-].[CH3-].[CH3-].[CH3-].[CH3-].[CH3-].[CH3-].[CH3-].[CH3-].[CH3-].[V+2].[V+2].[V+2].[V+2].[V+2].[V+2].[V+2].[V+2].[V+2].[W+2].[W+2].[W+2].[W+2]. The van der Waals surface area contributed by atoms with Crippen molar-refractivity contribution in [2.24, 2.45) is 5.92 Å². The van der Waals surface area contributed by atoms with E-state index in [-0.39, 0.29) is 336 Å². The van der Waals surface area contributed by atoms with Gasteiger partial charge in [-0.2, -0.15) is 19.2 Å². The molecule has 5 unspecified atom stereocenters. The third kappa shape index (κ3) is 135. The summed E-state index contributed by atoms with van der Waals surface area (Å²) in [5.41, 5.74) is 0. The Morgan fingerprint density at radius 2 is 0.610 bits per heavy atom. The van der Waals surface area contributed by atoms with Crippen LogP contribution in [0.1, 0.15) is 103 Å². The van der Waals surface area contributed by atoms with Crippen molar-refractivity contribution in [1.82, 2.24) is 25.3 Å². The van der Waals surface area contributed by atoms with Crippen molar-refractivity contribution in [2.45, 2.75) is 133 Å². The van der Waals surface area contributed by atoms with Crippen molar-refractivity contribution in [1.29, 1.82) is 0 Å². The number of carbonyl (C=O) groups excluding carboxylic acids is 3. The maximum atomic E-state index is 9.98. The molecule has 0 aromatic carbocycles. The van der Waals surface area contributed by atoms with Gasteiger partial charge in [0.25, 0.3) is 0 Å². The van der Waals surface area contributed by atoms with Crippen molar-refractivity contribution in [2.75, 3.05) is 32.7 Å². The fourth-order valence-electron chi connectivity index (χ4n) is 6.36. The van der Waals surface area contributed by atoms with Crippen LogP contribution in [-0.4, -0.2) is 120 Å². The van der Waals surface area contributed by atoms with Crippen LogP contribution < -0.4 is 10.6 Å². The first-order valence-electron chi connectivity index (χ1n) is 20.3. The molecule has 0 aromatic heterocycles. The standard InChI is InChI=1S/C11H21N.3C6H9NO.C5H10N.4C2H5P.2CHO2.9CH3.9V.4W/c1-2-5-10(4-1)7-8-11-6-3-9-12-11;3*1-6-3-2-4-7(6)5-8;1-5-3-2-4-6-5;4*1-3-2;2*2-1-3;;;;;;;;;;;;;;;;;;;;;;/h10-12H,1-9H2;3*6H,1-4H2;5-6H,1-4H2;4*3H,1-2H2;2*(H,2,3);9*1H3;;;;;;;;;;;;;/q;3*-2;-1;4*-2;11*-1;13*+2. The second-order valence-corrected chi connectivity index (χ2v) is 15.7. The minimum absolute atomic E-state index is 0. The zero-order chi connectivity index (χ0) is 46.8. The van der Waals surface area contributed by atoms with E-state index in [2.05, 4.69) is 91.6 Å². The van der Waals surface area contributed by atoms with Gasteiger partial charge in [-0.25, -0.2) is 0 Å². The fourth-order valence-corrected chi connectivity index (χ4v) is 6.36. The van der Waals surface area contributed by atoms with Crippen molar-refractivity contribution in [3.63, 3.8) is 0 Å². The number of nitrogens with one attached hydrogen (secondary N) is 2. The van der Waals surface area contributed by atoms with E-state index in [4.69, 9.17) is 19.8 Å². The molecular weight excluding hydrogens is 2140 g/mol. The van der Waals surface area contributed by atoms with Crippen molar-refractivity contribution in [3.05, 3.63) is 148 Å². The molecule has 29 heteroatoms. The van der Waals surface area contributed by atoms with Crippen LogP contribution in [0.5, 0.6) is 0 Å². The molecule has 1 saturated carbocycles. The van der Waals surface area contributed by atoms with Gasteiger partial charge in [-0.15, -0.1) is 24.2 Å². The topological polar surface area (TPSA) is 160 Å². The molecular formula is C53H107N5O7P4V9W4. The normalized spacial score (nSPS) is 16.7. The van der Waals surface area contributed by atoms with Crippen molar-refractivity contribution >= 4 is 66.5 Å². The Kier molecular flexibility index (Phi) is 334. The monoisotopic (exact) mass is 2240 g/mol. The average molecular weight is 2240 g/mol. The zero-order valence-electron chi connectivity index (χ0n) is 51.2. The predicted octanol–water partition coefficient (Wildman–Crippen LogP) is 12.6. The molecule has 0 bridgehead atoms. The van der Waals surface area contributed by atoms with Crippen LogP contribution in [-0.2, 0) is 275 Å². The van der Waals surface area contributed by atoms with Crippen LogP contribution in [0.3, 0.4) is 0 Å². The molecule has 5 atom stereocenters. The van der Waals surface area contributed by atoms with Crippen molar-refractivity contribution in [3.8, 4) is 0 Å². The molecule has 475 valence electrons. The summed E-state index contributed by atoms with van der Waals surface area (Å²) < 4.78 is 0. The van der Waals surface area contributed by atoms with Crippen molar-refractivity contribution < 1.29 is 285 Å². The molecule has 4 N–H and O–H groups in total. The van der Waals surface area contributed by atoms with Gasteiger partial charge in [0.05, 0.1) is 0 Å². The Balaban J connectivity index is -0.0000000163. The molecule has 3 amide bonds. The largest absolute Gasteiger partial charge is 2.00 e. The molecule has 5 heterocycles. The van der Waals surface area contributed by atoms with Crippen LogP contribution in [0, 0.1) is 154 Å². The Bertz CT molecular complexity index is 870. The first kappa shape index (κ1) is 179. The van der Waals surface area contributed by atoms with E-state index in [9.17, 15) is 14.4 Å². The van der Waals surface area contributed by atoms with E-state index in [1.165, 1.54) is 77.3 Å². The van der Waals surface area contributed by atoms with E-state index in [0.29, 0.717) is 53.3 Å². The number of hydrogen-bond donors (Lipinski definition) is 4. The molecule has 12 nitrogen and oxygen atoms in total. The summed E-state index contributed by atoms with van der Waals surface area (Å²) in [6, 6.07) is 1.99. The molecule has 6 fully saturated rings. The third-order valence-corrected chi connectivity index (χ3v) is 9.21. The summed E-state index contributed by atoms with van der Waals surface area (Å²) >= 11 is 0. The first-order valence-corrected chi connectivity index (χ1v) is 25.9. The van der Waals surface area contributed by atoms with E-state index in [0.717, 1.165) is 70.1 Å². The predicted molar refractivity (Wildman–Crippen MR) is 321 cm³/mol. The molecule has 6 aliphatic rings. The molecule has 6 rings (SSSR count). The zero-order valence-corrected chi connectivity index (χ0v) is 79.5. The second-order valence-electron chi connectivity index (χ2n) is 13.7. The molecule has 1 aliphatic carbocycles. The first-order chi connectivity index (χ1) is 28.9. The van der Waals surface area contributed by atoms with Gasteiger partial charge < -0.3 is 242 Å². The van der Waals surface area contributed by atoms with Gasteiger partial charge in [0.15, 0.2) is 0 Å². The van der Waals surface area contributed by atoms with Crippen LogP contribution >= 0.6 is 34.3 Å². The van der Waals surface area contributed by atoms with Gasteiger partial charge in [-0.3, -0.25) is 0 Å². The number of amides is 3. The summed E-state index contributed by atoms with van der Waals surface area (Å²) in [5, 5.41) is 20.3. The van der Waals surface area contributed by atoms with Crippen LogP contribution in [0.25, 0.3) is 0 Å². The minimum Gasteiger partial charge on any atom is -0.665 e. The fraction of sp³-hybridized carbons (Fsp3) is 0.509. The van der Waals surface area contributed by atoms with Crippen LogP contribution in [0.15, 0.2) is 0 Å². The summed E-state index contributed by atoms with van der Waals surface area (Å²) in [6.45, 7) is 48.3. The quantitative estimate of drug-likeness (QED) is 0.150. The number of hydrogen-bond acceptors (Lipinski definition) is 7. The smallest absolute Gasteiger partial charge is 0.665 e. The molecule has 82 heavy (non-hydrogen) atoms. The summed E-state index contributed by atoms with van der Waals surface area (Å²) in [4.78, 5) is 51.2. The maximum absolute atomic E-state index is 9.98. The van der Waals surface area contributed by atoms with E-state index >= 15 is 0 Å². The Labute approximate surface area is 687 Å². The summed E-state index contributed by atoms with van der Waals surface area (Å²) in [5.74, 6) is 1.09. The number of nitrogens with zero attached hydrogens (tertiary/aromatic N) is 3. The summed E-state index contributed by atoms with van der Waals surface area (Å²) in [7, 11) is 2.33. The summed E-state index contributed by atoms with van der Waals surface area (Å²) in [6.07, 6.45) is 26.3. The minimum atomic E-state index is 0. The third-order valence-electron chi connectivity index (χ3n) is 9.21. The van der Waals surface area contributed by atoms with Gasteiger partial charge in [0.1, 0.15) is 0 Å². The molecule has 5 saturated heterocycles. The van der Waals surface area contributed by atoms with E-state index in [1.807, 2.05) is 19.2 Å².